The van der Waals surface area contributed by atoms with E-state index in [1.54, 1.807) is 0 Å². The van der Waals surface area contributed by atoms with Gasteiger partial charge in [0.25, 0.3) is 0 Å². The van der Waals surface area contributed by atoms with Crippen LogP contribution >= 0.6 is 0 Å². The molecule has 1 aromatic carbocycles. The van der Waals surface area contributed by atoms with Gasteiger partial charge in [0.15, 0.2) is 11.5 Å². The Morgan fingerprint density at radius 2 is 1.95 bits per heavy atom. The monoisotopic (exact) mass is 271 g/mol. The van der Waals surface area contributed by atoms with E-state index < -0.39 is 17.7 Å². The first kappa shape index (κ1) is 15.2. The molecule has 0 bridgehead atoms. The highest BCUT2D eigenvalue weighted by molar-refractivity contribution is 5.77. The van der Waals surface area contributed by atoms with Gasteiger partial charge in [-0.05, 0) is 31.5 Å². The summed E-state index contributed by atoms with van der Waals surface area (Å²) in [6.07, 6.45) is 0. The number of rotatable bonds is 5. The third kappa shape index (κ3) is 3.14. The predicted octanol–water partition coefficient (Wildman–Crippen LogP) is 1.99. The summed E-state index contributed by atoms with van der Waals surface area (Å²) in [5, 5.41) is 9.00. The van der Waals surface area contributed by atoms with Crippen LogP contribution in [0, 0.1) is 0 Å². The van der Waals surface area contributed by atoms with Crippen molar-refractivity contribution in [3.05, 3.63) is 23.3 Å². The second-order valence-corrected chi connectivity index (χ2v) is 4.59. The van der Waals surface area contributed by atoms with Crippen LogP contribution in [0.1, 0.15) is 31.0 Å². The molecule has 1 rings (SSSR count). The number of carboxylic acid groups (broad SMARTS) is 1. The van der Waals surface area contributed by atoms with Crippen molar-refractivity contribution in [2.75, 3.05) is 14.2 Å². The van der Waals surface area contributed by atoms with Gasteiger partial charge in [-0.15, -0.1) is 0 Å². The minimum atomic E-state index is -1.65. The van der Waals surface area contributed by atoms with Crippen LogP contribution in [0.2, 0.25) is 0 Å². The van der Waals surface area contributed by atoms with Crippen LogP contribution in [-0.4, -0.2) is 25.3 Å². The minimum Gasteiger partial charge on any atom is -0.493 e. The molecule has 1 aromatic rings. The summed E-state index contributed by atoms with van der Waals surface area (Å²) in [6.45, 7) is 2.73. The van der Waals surface area contributed by atoms with E-state index in [0.717, 1.165) is 0 Å². The van der Waals surface area contributed by atoms with Gasteiger partial charge in [0.1, 0.15) is 11.7 Å². The van der Waals surface area contributed by atoms with Crippen molar-refractivity contribution in [3.63, 3.8) is 0 Å². The molecule has 0 spiro atoms. The van der Waals surface area contributed by atoms with Crippen LogP contribution in [0.4, 0.5) is 4.39 Å². The molecule has 5 nitrogen and oxygen atoms in total. The molecular formula is C13H18FNO4. The number of nitrogens with two attached hydrogens (primary N) is 1. The van der Waals surface area contributed by atoms with E-state index in [2.05, 4.69) is 0 Å². The molecule has 0 amide bonds. The van der Waals surface area contributed by atoms with Crippen molar-refractivity contribution in [2.45, 2.75) is 25.6 Å². The Bertz CT molecular complexity index is 482. The molecule has 0 radical (unpaired) electrons. The van der Waals surface area contributed by atoms with Crippen molar-refractivity contribution >= 4 is 5.97 Å². The van der Waals surface area contributed by atoms with Gasteiger partial charge in [-0.1, -0.05) is 0 Å². The van der Waals surface area contributed by atoms with Gasteiger partial charge >= 0.3 is 5.97 Å². The second kappa shape index (κ2) is 5.44. The molecule has 0 aliphatic rings. The van der Waals surface area contributed by atoms with Crippen LogP contribution < -0.4 is 15.2 Å². The van der Waals surface area contributed by atoms with Crippen LogP contribution in [0.15, 0.2) is 12.1 Å². The van der Waals surface area contributed by atoms with Gasteiger partial charge in [-0.2, -0.15) is 0 Å². The molecule has 0 aliphatic heterocycles. The van der Waals surface area contributed by atoms with Crippen molar-refractivity contribution in [1.82, 2.24) is 0 Å². The van der Waals surface area contributed by atoms with Crippen molar-refractivity contribution in [2.24, 2.45) is 5.73 Å². The smallest absolute Gasteiger partial charge is 0.325 e. The van der Waals surface area contributed by atoms with E-state index in [1.807, 2.05) is 0 Å². The first-order valence-corrected chi connectivity index (χ1v) is 5.66. The number of halogens is 1. The zero-order chi connectivity index (χ0) is 14.8. The number of methoxy groups -OCH3 is 2. The lowest BCUT2D eigenvalue weighted by atomic mass is 9.94. The normalized spacial score (nSPS) is 12.9. The van der Waals surface area contributed by atoms with Gasteiger partial charge in [0, 0.05) is 5.56 Å². The predicted molar refractivity (Wildman–Crippen MR) is 68.2 cm³/mol. The maximum absolute atomic E-state index is 14.0. The van der Waals surface area contributed by atoms with Gasteiger partial charge in [0.05, 0.1) is 14.2 Å². The van der Waals surface area contributed by atoms with Crippen molar-refractivity contribution in [1.29, 1.82) is 0 Å². The highest BCUT2D eigenvalue weighted by Gasteiger charge is 2.27. The summed E-state index contributed by atoms with van der Waals surface area (Å²) in [7, 11) is 2.76. The second-order valence-electron chi connectivity index (χ2n) is 4.59. The summed E-state index contributed by atoms with van der Waals surface area (Å²) in [5.41, 5.74) is 4.40. The Kier molecular flexibility index (Phi) is 4.36. The Balaban J connectivity index is 3.53. The first-order chi connectivity index (χ1) is 8.72. The molecule has 0 saturated carbocycles. The SMILES string of the molecule is COc1cc(C(C)(C)F)cc(C(N)C(=O)O)c1OC. The number of hydrogen-bond donors (Lipinski definition) is 2. The highest BCUT2D eigenvalue weighted by atomic mass is 19.1. The van der Waals surface area contributed by atoms with Gasteiger partial charge < -0.3 is 20.3 Å². The van der Waals surface area contributed by atoms with Crippen molar-refractivity contribution in [3.8, 4) is 11.5 Å². The van der Waals surface area contributed by atoms with Crippen LogP contribution in [-0.2, 0) is 10.5 Å². The quantitative estimate of drug-likeness (QED) is 0.856. The summed E-state index contributed by atoms with van der Waals surface area (Å²) < 4.78 is 24.3. The standard InChI is InChI=1S/C13H18FNO4/c1-13(2,14)7-5-8(10(15)12(16)17)11(19-4)9(6-7)18-3/h5-6,10H,15H2,1-4H3,(H,16,17). The molecule has 0 fully saturated rings. The summed E-state index contributed by atoms with van der Waals surface area (Å²) >= 11 is 0. The summed E-state index contributed by atoms with van der Waals surface area (Å²) in [5.74, 6) is -0.781. The number of alkyl halides is 1. The van der Waals surface area contributed by atoms with E-state index in [-0.39, 0.29) is 22.6 Å². The average Bonchev–Trinajstić information content (AvgIpc) is 2.34. The van der Waals surface area contributed by atoms with Crippen LogP contribution in [0.25, 0.3) is 0 Å². The lowest BCUT2D eigenvalue weighted by Gasteiger charge is -2.21. The van der Waals surface area contributed by atoms with E-state index in [1.165, 1.54) is 40.2 Å². The maximum atomic E-state index is 14.0. The number of aliphatic carboxylic acids is 1. The lowest BCUT2D eigenvalue weighted by molar-refractivity contribution is -0.138. The minimum absolute atomic E-state index is 0.176. The average molecular weight is 271 g/mol. The van der Waals surface area contributed by atoms with Gasteiger partial charge in [-0.3, -0.25) is 4.79 Å². The zero-order valence-corrected chi connectivity index (χ0v) is 11.4. The molecule has 106 valence electrons. The summed E-state index contributed by atoms with van der Waals surface area (Å²) in [6, 6.07) is 1.54. The van der Waals surface area contributed by atoms with E-state index >= 15 is 0 Å². The molecule has 3 N–H and O–H groups in total. The fourth-order valence-corrected chi connectivity index (χ4v) is 1.70. The zero-order valence-electron chi connectivity index (χ0n) is 11.4. The van der Waals surface area contributed by atoms with Crippen LogP contribution in [0.3, 0.4) is 0 Å². The topological polar surface area (TPSA) is 81.8 Å². The summed E-state index contributed by atoms with van der Waals surface area (Å²) in [4.78, 5) is 11.0. The maximum Gasteiger partial charge on any atom is 0.325 e. The molecular weight excluding hydrogens is 253 g/mol. The molecule has 19 heavy (non-hydrogen) atoms. The number of benzene rings is 1. The Labute approximate surface area is 111 Å². The molecule has 0 aromatic heterocycles. The number of hydrogen-bond acceptors (Lipinski definition) is 4. The van der Waals surface area contributed by atoms with E-state index in [9.17, 15) is 9.18 Å². The fraction of sp³-hybridized carbons (Fsp3) is 0.462. The molecule has 0 heterocycles. The Morgan fingerprint density at radius 3 is 2.32 bits per heavy atom. The first-order valence-electron chi connectivity index (χ1n) is 5.66. The third-order valence-corrected chi connectivity index (χ3v) is 2.80. The van der Waals surface area contributed by atoms with E-state index in [4.69, 9.17) is 20.3 Å². The van der Waals surface area contributed by atoms with Gasteiger partial charge in [0.2, 0.25) is 0 Å². The number of ether oxygens (including phenoxy) is 2. The highest BCUT2D eigenvalue weighted by Crippen LogP contribution is 2.39. The third-order valence-electron chi connectivity index (χ3n) is 2.80. The molecule has 6 heteroatoms. The molecule has 0 aliphatic carbocycles. The van der Waals surface area contributed by atoms with Crippen molar-refractivity contribution < 1.29 is 23.8 Å². The van der Waals surface area contributed by atoms with Crippen LogP contribution in [0.5, 0.6) is 11.5 Å². The Morgan fingerprint density at radius 1 is 1.37 bits per heavy atom. The van der Waals surface area contributed by atoms with E-state index in [0.29, 0.717) is 0 Å². The largest absolute Gasteiger partial charge is 0.493 e. The molecule has 1 unspecified atom stereocenters. The van der Waals surface area contributed by atoms with Gasteiger partial charge in [-0.25, -0.2) is 4.39 Å². The Hall–Kier alpha value is -1.82. The lowest BCUT2D eigenvalue weighted by Crippen LogP contribution is -2.22. The molecule has 1 atom stereocenters. The number of carbonyl (C=O) groups is 1. The number of carboxylic acids is 1. The molecule has 0 saturated heterocycles. The fourth-order valence-electron chi connectivity index (χ4n) is 1.70.